The second-order valence-corrected chi connectivity index (χ2v) is 4.44. The van der Waals surface area contributed by atoms with E-state index >= 15 is 0 Å². The first-order chi connectivity index (χ1) is 7.97. The Morgan fingerprint density at radius 2 is 1.94 bits per heavy atom. The number of benzene rings is 1. The molecule has 0 saturated carbocycles. The number of carbonyl (C=O) groups is 1. The van der Waals surface area contributed by atoms with Crippen LogP contribution in [0.25, 0.3) is 0 Å². The van der Waals surface area contributed by atoms with Crippen LogP contribution in [0.4, 0.5) is 0 Å². The van der Waals surface area contributed by atoms with E-state index in [4.69, 9.17) is 5.73 Å². The molecule has 3 heteroatoms. The lowest BCUT2D eigenvalue weighted by atomic mass is 9.93. The Bertz CT molecular complexity index is 413. The van der Waals surface area contributed by atoms with Crippen LogP contribution in [0.1, 0.15) is 41.1 Å². The van der Waals surface area contributed by atoms with Crippen LogP contribution < -0.4 is 5.73 Å². The highest BCUT2D eigenvalue weighted by Crippen LogP contribution is 2.24. The molecule has 94 valence electrons. The fraction of sp³-hybridized carbons (Fsp3) is 0.500. The average molecular weight is 235 g/mol. The predicted molar refractivity (Wildman–Crippen MR) is 68.8 cm³/mol. The van der Waals surface area contributed by atoms with Gasteiger partial charge in [-0.3, -0.25) is 4.79 Å². The fourth-order valence-corrected chi connectivity index (χ4v) is 1.91. The van der Waals surface area contributed by atoms with Crippen LogP contribution in [-0.2, 0) is 9.53 Å². The van der Waals surface area contributed by atoms with Gasteiger partial charge in [-0.1, -0.05) is 12.1 Å². The number of aryl methyl sites for hydroxylation is 1. The third-order valence-electron chi connectivity index (χ3n) is 3.39. The van der Waals surface area contributed by atoms with E-state index in [1.165, 1.54) is 23.8 Å². The van der Waals surface area contributed by atoms with Gasteiger partial charge in [-0.15, -0.1) is 0 Å². The summed E-state index contributed by atoms with van der Waals surface area (Å²) in [6.07, 6.45) is 0.986. The largest absolute Gasteiger partial charge is 0.469 e. The first-order valence-electron chi connectivity index (χ1n) is 5.86. The second-order valence-electron chi connectivity index (χ2n) is 4.44. The van der Waals surface area contributed by atoms with Gasteiger partial charge in [-0.25, -0.2) is 0 Å². The van der Waals surface area contributed by atoms with Crippen molar-refractivity contribution < 1.29 is 9.53 Å². The highest BCUT2D eigenvalue weighted by Gasteiger charge is 2.13. The zero-order chi connectivity index (χ0) is 13.0. The molecule has 0 aliphatic heterocycles. The summed E-state index contributed by atoms with van der Waals surface area (Å²) >= 11 is 0. The van der Waals surface area contributed by atoms with E-state index < -0.39 is 0 Å². The maximum absolute atomic E-state index is 11.1. The fourth-order valence-electron chi connectivity index (χ4n) is 1.91. The lowest BCUT2D eigenvalue weighted by Gasteiger charge is -2.17. The van der Waals surface area contributed by atoms with Gasteiger partial charge in [-0.05, 0) is 49.4 Å². The smallest absolute Gasteiger partial charge is 0.305 e. The van der Waals surface area contributed by atoms with Gasteiger partial charge in [-0.2, -0.15) is 0 Å². The van der Waals surface area contributed by atoms with Gasteiger partial charge >= 0.3 is 5.97 Å². The van der Waals surface area contributed by atoms with Gasteiger partial charge in [0.2, 0.25) is 0 Å². The molecule has 1 rings (SSSR count). The summed E-state index contributed by atoms with van der Waals surface area (Å²) in [7, 11) is 1.40. The topological polar surface area (TPSA) is 52.3 Å². The zero-order valence-corrected chi connectivity index (χ0v) is 11.0. The summed E-state index contributed by atoms with van der Waals surface area (Å²) in [5, 5.41) is 0. The third kappa shape index (κ3) is 3.30. The van der Waals surface area contributed by atoms with Gasteiger partial charge in [0.1, 0.15) is 0 Å². The summed E-state index contributed by atoms with van der Waals surface area (Å²) in [4.78, 5) is 11.1. The molecule has 1 aromatic rings. The van der Waals surface area contributed by atoms with Crippen molar-refractivity contribution in [2.75, 3.05) is 7.11 Å². The molecule has 0 heterocycles. The van der Waals surface area contributed by atoms with E-state index in [9.17, 15) is 4.79 Å². The van der Waals surface area contributed by atoms with Crippen LogP contribution >= 0.6 is 0 Å². The van der Waals surface area contributed by atoms with Gasteiger partial charge in [0.25, 0.3) is 0 Å². The first kappa shape index (κ1) is 13.7. The molecule has 0 saturated heterocycles. The van der Waals surface area contributed by atoms with Crippen LogP contribution in [0.5, 0.6) is 0 Å². The predicted octanol–water partition coefficient (Wildman–Crippen LogP) is 2.56. The Balaban J connectivity index is 2.79. The molecular weight excluding hydrogens is 214 g/mol. The molecule has 0 fully saturated rings. The van der Waals surface area contributed by atoms with Gasteiger partial charge in [0, 0.05) is 12.5 Å². The van der Waals surface area contributed by atoms with Crippen molar-refractivity contribution in [3.8, 4) is 0 Å². The minimum atomic E-state index is -0.207. The van der Waals surface area contributed by atoms with Crippen LogP contribution in [0.3, 0.4) is 0 Å². The van der Waals surface area contributed by atoms with Crippen molar-refractivity contribution in [3.05, 3.63) is 34.4 Å². The Morgan fingerprint density at radius 1 is 1.29 bits per heavy atom. The normalized spacial score (nSPS) is 12.3. The number of hydrogen-bond donors (Lipinski definition) is 1. The summed E-state index contributed by atoms with van der Waals surface area (Å²) in [6, 6.07) is 4.03. The van der Waals surface area contributed by atoms with E-state index in [0.29, 0.717) is 12.8 Å². The highest BCUT2D eigenvalue weighted by atomic mass is 16.5. The number of ether oxygens (including phenoxy) is 1. The standard InChI is InChI=1S/C14H21NO2/c1-9-5-6-12(11(3)10(9)2)13(15)7-8-14(16)17-4/h5-6,13H,7-8,15H2,1-4H3. The first-order valence-corrected chi connectivity index (χ1v) is 5.86. The van der Waals surface area contributed by atoms with Crippen molar-refractivity contribution in [2.45, 2.75) is 39.7 Å². The van der Waals surface area contributed by atoms with Crippen LogP contribution in [0.2, 0.25) is 0 Å². The summed E-state index contributed by atoms with van der Waals surface area (Å²) in [5.74, 6) is -0.207. The number of methoxy groups -OCH3 is 1. The SMILES string of the molecule is COC(=O)CCC(N)c1ccc(C)c(C)c1C. The molecule has 0 spiro atoms. The van der Waals surface area contributed by atoms with Crippen molar-refractivity contribution in [3.63, 3.8) is 0 Å². The average Bonchev–Trinajstić information content (AvgIpc) is 2.32. The summed E-state index contributed by atoms with van der Waals surface area (Å²) < 4.78 is 4.62. The highest BCUT2D eigenvalue weighted by molar-refractivity contribution is 5.69. The molecule has 0 radical (unpaired) electrons. The lowest BCUT2D eigenvalue weighted by Crippen LogP contribution is -2.15. The quantitative estimate of drug-likeness (QED) is 0.816. The summed E-state index contributed by atoms with van der Waals surface area (Å²) in [6.45, 7) is 6.27. The van der Waals surface area contributed by atoms with E-state index in [0.717, 1.165) is 5.56 Å². The Labute approximate surface area is 103 Å². The third-order valence-corrected chi connectivity index (χ3v) is 3.39. The number of rotatable bonds is 4. The van der Waals surface area contributed by atoms with Gasteiger partial charge in [0.05, 0.1) is 7.11 Å². The van der Waals surface area contributed by atoms with E-state index in [-0.39, 0.29) is 12.0 Å². The Morgan fingerprint density at radius 3 is 2.53 bits per heavy atom. The van der Waals surface area contributed by atoms with Crippen molar-refractivity contribution >= 4 is 5.97 Å². The van der Waals surface area contributed by atoms with Crippen LogP contribution in [-0.4, -0.2) is 13.1 Å². The monoisotopic (exact) mass is 235 g/mol. The number of carbonyl (C=O) groups excluding carboxylic acids is 1. The molecule has 0 aliphatic carbocycles. The van der Waals surface area contributed by atoms with Crippen molar-refractivity contribution in [2.24, 2.45) is 5.73 Å². The van der Waals surface area contributed by atoms with Crippen LogP contribution in [0.15, 0.2) is 12.1 Å². The molecule has 0 bridgehead atoms. The molecule has 3 nitrogen and oxygen atoms in total. The Kier molecular flexibility index (Phi) is 4.70. The second kappa shape index (κ2) is 5.82. The zero-order valence-electron chi connectivity index (χ0n) is 11.0. The Hall–Kier alpha value is -1.35. The minimum Gasteiger partial charge on any atom is -0.469 e. The molecule has 0 aromatic heterocycles. The maximum Gasteiger partial charge on any atom is 0.305 e. The molecule has 1 aromatic carbocycles. The van der Waals surface area contributed by atoms with Crippen molar-refractivity contribution in [1.29, 1.82) is 0 Å². The minimum absolute atomic E-state index is 0.103. The maximum atomic E-state index is 11.1. The van der Waals surface area contributed by atoms with Gasteiger partial charge < -0.3 is 10.5 Å². The number of nitrogens with two attached hydrogens (primary N) is 1. The number of esters is 1. The molecule has 0 aliphatic rings. The molecule has 1 unspecified atom stereocenters. The molecular formula is C14H21NO2. The summed E-state index contributed by atoms with van der Waals surface area (Å²) in [5.41, 5.74) is 11.0. The number of hydrogen-bond acceptors (Lipinski definition) is 3. The van der Waals surface area contributed by atoms with E-state index in [2.05, 4.69) is 37.6 Å². The van der Waals surface area contributed by atoms with E-state index in [1.807, 2.05) is 0 Å². The van der Waals surface area contributed by atoms with Crippen LogP contribution in [0, 0.1) is 20.8 Å². The van der Waals surface area contributed by atoms with Crippen molar-refractivity contribution in [1.82, 2.24) is 0 Å². The molecule has 17 heavy (non-hydrogen) atoms. The van der Waals surface area contributed by atoms with Gasteiger partial charge in [0.15, 0.2) is 0 Å². The van der Waals surface area contributed by atoms with E-state index in [1.54, 1.807) is 0 Å². The molecule has 1 atom stereocenters. The lowest BCUT2D eigenvalue weighted by molar-refractivity contribution is -0.140. The molecule has 2 N–H and O–H groups in total. The molecule has 0 amide bonds.